The van der Waals surface area contributed by atoms with Crippen molar-refractivity contribution in [3.8, 4) is 11.5 Å². The molecule has 236 valence electrons. The molecule has 0 bridgehead atoms. The van der Waals surface area contributed by atoms with E-state index in [-0.39, 0.29) is 51.6 Å². The number of benzene rings is 1. The van der Waals surface area contributed by atoms with Crippen LogP contribution in [0, 0.1) is 0 Å². The average Bonchev–Trinajstić information content (AvgIpc) is 3.04. The Bertz CT molecular complexity index is 1400. The molecule has 1 aromatic carbocycles. The largest absolute Gasteiger partial charge is 0.495 e. The predicted molar refractivity (Wildman–Crippen MR) is 171 cm³/mol. The van der Waals surface area contributed by atoms with Crippen molar-refractivity contribution in [1.82, 2.24) is 25.1 Å². The van der Waals surface area contributed by atoms with Crippen LogP contribution in [0.1, 0.15) is 0 Å². The first-order chi connectivity index (χ1) is 21.2. The number of aromatic nitrogens is 2. The van der Waals surface area contributed by atoms with Crippen molar-refractivity contribution < 1.29 is 24.2 Å². The van der Waals surface area contributed by atoms with E-state index in [2.05, 4.69) is 42.3 Å². The van der Waals surface area contributed by atoms with Crippen molar-refractivity contribution in [2.75, 3.05) is 76.1 Å². The minimum Gasteiger partial charge on any atom is -0.495 e. The van der Waals surface area contributed by atoms with Crippen LogP contribution >= 0.6 is 23.2 Å². The fourth-order valence-electron chi connectivity index (χ4n) is 4.81. The van der Waals surface area contributed by atoms with Gasteiger partial charge in [0.1, 0.15) is 39.5 Å². The Morgan fingerprint density at radius 2 is 1.80 bits per heavy atom. The van der Waals surface area contributed by atoms with E-state index in [4.69, 9.17) is 32.7 Å². The van der Waals surface area contributed by atoms with Gasteiger partial charge < -0.3 is 35.4 Å². The number of piperazine rings is 1. The van der Waals surface area contributed by atoms with Gasteiger partial charge in [-0.1, -0.05) is 35.9 Å². The molecule has 15 heteroatoms. The minimum atomic E-state index is -0.575. The van der Waals surface area contributed by atoms with Crippen LogP contribution < -0.4 is 30.3 Å². The lowest BCUT2D eigenvalue weighted by Gasteiger charge is -2.38. The molecule has 1 aromatic heterocycles. The molecule has 1 fully saturated rings. The van der Waals surface area contributed by atoms with Gasteiger partial charge in [0.25, 0.3) is 0 Å². The molecule has 1 aliphatic carbocycles. The monoisotopic (exact) mass is 646 g/mol. The van der Waals surface area contributed by atoms with Gasteiger partial charge in [-0.25, -0.2) is 14.8 Å². The molecule has 0 saturated carbocycles. The van der Waals surface area contributed by atoms with Gasteiger partial charge in [-0.3, -0.25) is 14.6 Å². The highest BCUT2D eigenvalue weighted by Gasteiger charge is 2.27. The number of hydrogen-bond donors (Lipinski definition) is 4. The second-order valence-corrected chi connectivity index (χ2v) is 10.7. The maximum absolute atomic E-state index is 13.2. The molecule has 3 amide bonds. The summed E-state index contributed by atoms with van der Waals surface area (Å²) in [6.45, 7) is 7.65. The van der Waals surface area contributed by atoms with E-state index >= 15 is 0 Å². The average molecular weight is 648 g/mol. The quantitative estimate of drug-likeness (QED) is 0.269. The number of aliphatic hydroxyl groups is 1. The zero-order valence-corrected chi connectivity index (χ0v) is 26.2. The maximum Gasteiger partial charge on any atom is 0.327 e. The van der Waals surface area contributed by atoms with Crippen molar-refractivity contribution in [3.63, 3.8) is 0 Å². The number of carbonyl (C=O) groups is 2. The molecule has 2 atom stereocenters. The summed E-state index contributed by atoms with van der Waals surface area (Å²) in [4.78, 5) is 39.8. The van der Waals surface area contributed by atoms with Crippen LogP contribution in [0.25, 0.3) is 0 Å². The molecule has 1 saturated heterocycles. The van der Waals surface area contributed by atoms with Crippen molar-refractivity contribution >= 4 is 52.5 Å². The lowest BCUT2D eigenvalue weighted by molar-refractivity contribution is -0.116. The number of nitrogens with zero attached hydrogens (tertiary/aromatic N) is 5. The normalized spacial score (nSPS) is 18.2. The number of halogens is 2. The molecule has 4 rings (SSSR count). The van der Waals surface area contributed by atoms with E-state index < -0.39 is 12.1 Å². The highest BCUT2D eigenvalue weighted by molar-refractivity contribution is 6.41. The van der Waals surface area contributed by atoms with Crippen molar-refractivity contribution in [2.24, 2.45) is 0 Å². The summed E-state index contributed by atoms with van der Waals surface area (Å²) in [6, 6.07) is 1.78. The van der Waals surface area contributed by atoms with E-state index in [0.29, 0.717) is 12.4 Å². The number of carbonyl (C=O) groups excluding carboxylic acids is 2. The zero-order chi connectivity index (χ0) is 31.8. The number of rotatable bonds is 11. The molecule has 13 nitrogen and oxygen atoms in total. The van der Waals surface area contributed by atoms with Gasteiger partial charge in [-0.05, 0) is 18.2 Å². The van der Waals surface area contributed by atoms with E-state index in [1.54, 1.807) is 6.07 Å². The number of ether oxygens (including phenoxy) is 2. The number of aliphatic hydroxyl groups excluding tert-OH is 1. The number of methoxy groups -OCH3 is 2. The number of amides is 3. The van der Waals surface area contributed by atoms with E-state index in [1.807, 2.05) is 18.2 Å². The van der Waals surface area contributed by atoms with Crippen LogP contribution in [-0.4, -0.2) is 109 Å². The first-order valence-corrected chi connectivity index (χ1v) is 14.6. The van der Waals surface area contributed by atoms with Crippen LogP contribution in [0.15, 0.2) is 55.0 Å². The molecule has 0 spiro atoms. The van der Waals surface area contributed by atoms with Gasteiger partial charge in [-0.15, -0.1) is 0 Å². The second kappa shape index (κ2) is 15.1. The molecule has 2 aromatic rings. The van der Waals surface area contributed by atoms with Crippen LogP contribution in [0.3, 0.4) is 0 Å². The predicted octanol–water partition coefficient (Wildman–Crippen LogP) is 2.98. The van der Waals surface area contributed by atoms with Gasteiger partial charge in [-0.2, -0.15) is 0 Å². The third-order valence-corrected chi connectivity index (χ3v) is 8.03. The third-order valence-electron chi connectivity index (χ3n) is 7.28. The number of β-amino-alcohol motifs (C(OH)–C–C–N with tert-alkyl or cyclic N) is 1. The Morgan fingerprint density at radius 3 is 2.41 bits per heavy atom. The summed E-state index contributed by atoms with van der Waals surface area (Å²) >= 11 is 12.8. The third kappa shape index (κ3) is 7.72. The number of allylic oxidation sites excluding steroid dienone is 1. The van der Waals surface area contributed by atoms with Gasteiger partial charge in [0.15, 0.2) is 0 Å². The first kappa shape index (κ1) is 32.9. The molecule has 44 heavy (non-hydrogen) atoms. The highest BCUT2D eigenvalue weighted by Crippen LogP contribution is 2.44. The number of anilines is 3. The minimum absolute atomic E-state index is 0.112. The number of nitrogens with one attached hydrogen (secondary N) is 3. The summed E-state index contributed by atoms with van der Waals surface area (Å²) in [6.07, 6.45) is 8.52. The van der Waals surface area contributed by atoms with E-state index in [0.717, 1.165) is 31.9 Å². The van der Waals surface area contributed by atoms with Crippen molar-refractivity contribution in [3.05, 3.63) is 65.1 Å². The molecule has 2 unspecified atom stereocenters. The summed E-state index contributed by atoms with van der Waals surface area (Å²) in [5, 5.41) is 18.4. The fourth-order valence-corrected chi connectivity index (χ4v) is 5.41. The Balaban J connectivity index is 1.48. The first-order valence-electron chi connectivity index (χ1n) is 13.8. The summed E-state index contributed by atoms with van der Waals surface area (Å²) in [7, 11) is 4.41. The molecular weight excluding hydrogens is 611 g/mol. The Labute approximate surface area is 266 Å². The maximum atomic E-state index is 13.2. The topological polar surface area (TPSA) is 144 Å². The van der Waals surface area contributed by atoms with Crippen LogP contribution in [0.2, 0.25) is 10.0 Å². The Morgan fingerprint density at radius 1 is 1.11 bits per heavy atom. The Kier molecular flexibility index (Phi) is 11.3. The summed E-state index contributed by atoms with van der Waals surface area (Å²) in [5.74, 6) is 0.950. The lowest BCUT2D eigenvalue weighted by Crippen LogP contribution is -2.49. The molecule has 1 aliphatic heterocycles. The van der Waals surface area contributed by atoms with Crippen molar-refractivity contribution in [2.45, 2.75) is 12.1 Å². The molecular formula is C29H36Cl2N8O5. The smallest absolute Gasteiger partial charge is 0.327 e. The van der Waals surface area contributed by atoms with E-state index in [9.17, 15) is 14.7 Å². The SMILES string of the molecule is C=CC(=O)NC1C=C(N2CCN(CCO)CC2)C=CC1Nc1cc(N(C)C(=O)Nc2c(Cl)c(OC)cc(OC)c2Cl)ncn1. The zero-order valence-electron chi connectivity index (χ0n) is 24.7. The van der Waals surface area contributed by atoms with Crippen LogP contribution in [0.5, 0.6) is 11.5 Å². The summed E-state index contributed by atoms with van der Waals surface area (Å²) < 4.78 is 10.5. The summed E-state index contributed by atoms with van der Waals surface area (Å²) in [5.41, 5.74) is 1.12. The fraction of sp³-hybridized carbons (Fsp3) is 0.379. The highest BCUT2D eigenvalue weighted by atomic mass is 35.5. The van der Waals surface area contributed by atoms with Gasteiger partial charge in [0, 0.05) is 57.6 Å². The second-order valence-electron chi connectivity index (χ2n) is 9.95. The standard InChI is InChI=1S/C29H36Cl2N8O5/c1-5-25(41)35-20-14-18(39-10-8-38(9-11-39)12-13-40)6-7-19(20)34-23-16-24(33-17-32-23)37(2)29(42)36-28-26(30)21(43-3)15-22(44-4)27(28)31/h5-7,14-17,19-20,40H,1,8-13H2,2-4H3,(H,35,41)(H,36,42)(H,32,33,34). The lowest BCUT2D eigenvalue weighted by atomic mass is 9.99. The Hall–Kier alpha value is -4.04. The van der Waals surface area contributed by atoms with Gasteiger partial charge in [0.2, 0.25) is 5.91 Å². The molecule has 2 aliphatic rings. The van der Waals surface area contributed by atoms with Crippen LogP contribution in [-0.2, 0) is 4.79 Å². The number of hydrogen-bond acceptors (Lipinski definition) is 10. The van der Waals surface area contributed by atoms with Crippen LogP contribution in [0.4, 0.5) is 22.1 Å². The van der Waals surface area contributed by atoms with Gasteiger partial charge in [0.05, 0.1) is 38.6 Å². The van der Waals surface area contributed by atoms with Gasteiger partial charge >= 0.3 is 6.03 Å². The molecule has 2 heterocycles. The molecule has 0 radical (unpaired) electrons. The van der Waals surface area contributed by atoms with Crippen molar-refractivity contribution in [1.29, 1.82) is 0 Å². The molecule has 4 N–H and O–H groups in total. The number of urea groups is 1. The van der Waals surface area contributed by atoms with E-state index in [1.165, 1.54) is 44.6 Å².